The molecule has 0 aromatic heterocycles. The van der Waals surface area contributed by atoms with Crippen LogP contribution in [0.1, 0.15) is 68.1 Å². The Kier molecular flexibility index (Phi) is 12.7. The summed E-state index contributed by atoms with van der Waals surface area (Å²) in [5, 5.41) is 5.03. The van der Waals surface area contributed by atoms with Crippen LogP contribution in [0.5, 0.6) is 0 Å². The zero-order valence-corrected chi connectivity index (χ0v) is 27.3. The Hall–Kier alpha value is -1.99. The number of benzene rings is 2. The number of amides is 3. The highest BCUT2D eigenvalue weighted by Crippen LogP contribution is 2.33. The van der Waals surface area contributed by atoms with Crippen molar-refractivity contribution in [2.24, 2.45) is 5.92 Å². The zero-order valence-electron chi connectivity index (χ0n) is 25.0. The number of piperidine rings is 1. The van der Waals surface area contributed by atoms with Gasteiger partial charge in [0, 0.05) is 47.8 Å². The minimum absolute atomic E-state index is 0.0246. The molecule has 3 aliphatic rings. The van der Waals surface area contributed by atoms with Crippen molar-refractivity contribution in [3.63, 3.8) is 0 Å². The van der Waals surface area contributed by atoms with E-state index in [1.54, 1.807) is 11.0 Å². The van der Waals surface area contributed by atoms with E-state index in [2.05, 4.69) is 29.3 Å². The van der Waals surface area contributed by atoms with Gasteiger partial charge >= 0.3 is 6.03 Å². The summed E-state index contributed by atoms with van der Waals surface area (Å²) in [5.41, 5.74) is 3.83. The average Bonchev–Trinajstić information content (AvgIpc) is 3.69. The molecule has 42 heavy (non-hydrogen) atoms. The van der Waals surface area contributed by atoms with Gasteiger partial charge in [0.2, 0.25) is 5.91 Å². The van der Waals surface area contributed by atoms with Crippen molar-refractivity contribution in [2.75, 3.05) is 52.4 Å². The molecule has 1 unspecified atom stereocenters. The molecule has 230 valence electrons. The molecule has 3 heterocycles. The van der Waals surface area contributed by atoms with Crippen LogP contribution in [0.3, 0.4) is 0 Å². The number of likely N-dealkylation sites (tertiary alicyclic amines) is 3. The van der Waals surface area contributed by atoms with E-state index in [-0.39, 0.29) is 18.5 Å². The van der Waals surface area contributed by atoms with E-state index in [1.807, 2.05) is 30.0 Å². The van der Waals surface area contributed by atoms with Crippen molar-refractivity contribution in [2.45, 2.75) is 64.7 Å². The van der Waals surface area contributed by atoms with Crippen molar-refractivity contribution in [1.29, 1.82) is 0 Å². The SMILES string of the molecule is CC(Cc1cc(Cl)ccc1C1CCN(C(=O)CNC(=O)N2CCCC2)CC1)CN1CCCC1.Cc1ccc(Cl)cc1Cl. The summed E-state index contributed by atoms with van der Waals surface area (Å²) in [6.07, 6.45) is 7.73. The van der Waals surface area contributed by atoms with Gasteiger partial charge in [0.05, 0.1) is 6.54 Å². The van der Waals surface area contributed by atoms with E-state index < -0.39 is 0 Å². The van der Waals surface area contributed by atoms with E-state index in [9.17, 15) is 9.59 Å². The van der Waals surface area contributed by atoms with Gasteiger partial charge in [-0.05, 0) is 118 Å². The molecule has 0 radical (unpaired) electrons. The normalized spacial score (nSPS) is 18.5. The van der Waals surface area contributed by atoms with E-state index in [0.29, 0.717) is 16.9 Å². The molecule has 3 aliphatic heterocycles. The van der Waals surface area contributed by atoms with Gasteiger partial charge in [0.25, 0.3) is 0 Å². The average molecular weight is 636 g/mol. The number of nitrogens with zero attached hydrogens (tertiary/aromatic N) is 3. The predicted molar refractivity (Wildman–Crippen MR) is 174 cm³/mol. The van der Waals surface area contributed by atoms with E-state index >= 15 is 0 Å². The lowest BCUT2D eigenvalue weighted by atomic mass is 9.84. The second kappa shape index (κ2) is 16.2. The molecule has 1 atom stereocenters. The maximum atomic E-state index is 12.7. The Labute approximate surface area is 266 Å². The molecular weight excluding hydrogens is 591 g/mol. The summed E-state index contributed by atoms with van der Waals surface area (Å²) in [6.45, 7) is 11.1. The first-order valence-electron chi connectivity index (χ1n) is 15.4. The molecule has 0 saturated carbocycles. The highest BCUT2D eigenvalue weighted by molar-refractivity contribution is 6.35. The number of hydrogen-bond donors (Lipinski definition) is 1. The van der Waals surface area contributed by atoms with Crippen LogP contribution >= 0.6 is 34.8 Å². The van der Waals surface area contributed by atoms with Gasteiger partial charge in [-0.15, -0.1) is 0 Å². The number of aryl methyl sites for hydroxylation is 1. The van der Waals surface area contributed by atoms with E-state index in [4.69, 9.17) is 34.8 Å². The van der Waals surface area contributed by atoms with Crippen LogP contribution in [0.15, 0.2) is 36.4 Å². The quantitative estimate of drug-likeness (QED) is 0.344. The third-order valence-corrected chi connectivity index (χ3v) is 9.52. The molecule has 5 rings (SSSR count). The number of hydrogen-bond acceptors (Lipinski definition) is 3. The zero-order chi connectivity index (χ0) is 30.1. The van der Waals surface area contributed by atoms with Crippen molar-refractivity contribution >= 4 is 46.7 Å². The van der Waals surface area contributed by atoms with Gasteiger partial charge in [-0.1, -0.05) is 53.9 Å². The number of halogens is 3. The molecule has 3 fully saturated rings. The molecule has 0 aliphatic carbocycles. The van der Waals surface area contributed by atoms with Crippen LogP contribution in [0.2, 0.25) is 15.1 Å². The monoisotopic (exact) mass is 634 g/mol. The minimum Gasteiger partial charge on any atom is -0.341 e. The van der Waals surface area contributed by atoms with E-state index in [1.165, 1.54) is 37.1 Å². The van der Waals surface area contributed by atoms with Crippen molar-refractivity contribution < 1.29 is 9.59 Å². The Bertz CT molecular complexity index is 1190. The lowest BCUT2D eigenvalue weighted by Crippen LogP contribution is -2.46. The molecule has 2 aromatic carbocycles. The van der Waals surface area contributed by atoms with Gasteiger partial charge < -0.3 is 20.0 Å². The summed E-state index contributed by atoms with van der Waals surface area (Å²) in [4.78, 5) is 31.1. The van der Waals surface area contributed by atoms with Crippen LogP contribution in [0, 0.1) is 12.8 Å². The van der Waals surface area contributed by atoms with Gasteiger partial charge in [0.1, 0.15) is 0 Å². The Balaban J connectivity index is 0.000000385. The minimum atomic E-state index is -0.107. The molecule has 3 saturated heterocycles. The molecule has 3 amide bonds. The van der Waals surface area contributed by atoms with Crippen molar-refractivity contribution in [1.82, 2.24) is 20.0 Å². The Morgan fingerprint density at radius 2 is 1.48 bits per heavy atom. The summed E-state index contributed by atoms with van der Waals surface area (Å²) < 4.78 is 0. The van der Waals surface area contributed by atoms with Gasteiger partial charge in [-0.25, -0.2) is 4.79 Å². The number of urea groups is 1. The largest absolute Gasteiger partial charge is 0.341 e. The van der Waals surface area contributed by atoms with E-state index in [0.717, 1.165) is 80.4 Å². The lowest BCUT2D eigenvalue weighted by molar-refractivity contribution is -0.131. The molecule has 2 aromatic rings. The second-order valence-corrected chi connectivity index (χ2v) is 13.3. The molecular formula is C33H45Cl3N4O2. The maximum Gasteiger partial charge on any atom is 0.317 e. The number of carbonyl (C=O) groups excluding carboxylic acids is 2. The van der Waals surface area contributed by atoms with Crippen LogP contribution in [0.4, 0.5) is 4.79 Å². The summed E-state index contributed by atoms with van der Waals surface area (Å²) >= 11 is 17.7. The maximum absolute atomic E-state index is 12.7. The first kappa shape index (κ1) is 32.9. The van der Waals surface area contributed by atoms with Crippen LogP contribution in [0.25, 0.3) is 0 Å². The van der Waals surface area contributed by atoms with Gasteiger partial charge in [-0.3, -0.25) is 4.79 Å². The summed E-state index contributed by atoms with van der Waals surface area (Å²) in [7, 11) is 0. The summed E-state index contributed by atoms with van der Waals surface area (Å²) in [6, 6.07) is 11.7. The van der Waals surface area contributed by atoms with Crippen molar-refractivity contribution in [3.05, 3.63) is 68.2 Å². The Morgan fingerprint density at radius 3 is 2.12 bits per heavy atom. The van der Waals surface area contributed by atoms with Gasteiger partial charge in [-0.2, -0.15) is 0 Å². The highest BCUT2D eigenvalue weighted by atomic mass is 35.5. The fourth-order valence-electron chi connectivity index (χ4n) is 6.30. The number of nitrogens with one attached hydrogen (secondary N) is 1. The van der Waals surface area contributed by atoms with Crippen molar-refractivity contribution in [3.8, 4) is 0 Å². The first-order valence-corrected chi connectivity index (χ1v) is 16.6. The fraction of sp³-hybridized carbons (Fsp3) is 0.576. The third-order valence-electron chi connectivity index (χ3n) is 8.65. The Morgan fingerprint density at radius 1 is 0.857 bits per heavy atom. The highest BCUT2D eigenvalue weighted by Gasteiger charge is 2.27. The van der Waals surface area contributed by atoms with Crippen LogP contribution < -0.4 is 5.32 Å². The van der Waals surface area contributed by atoms with Crippen LogP contribution in [-0.2, 0) is 11.2 Å². The standard InChI is InChI=1S/C26H39ClN4O2.C7H6Cl2/c1-20(19-29-10-2-3-11-29)16-22-17-23(27)6-7-24(22)21-8-14-30(15-9-21)25(32)18-28-26(33)31-12-4-5-13-31;1-5-2-3-6(8)4-7(5)9/h6-7,17,20-21H,2-5,8-16,18-19H2,1H3,(H,28,33);2-4H,1H3. The molecule has 1 N–H and O–H groups in total. The lowest BCUT2D eigenvalue weighted by Gasteiger charge is -2.33. The van der Waals surface area contributed by atoms with Crippen LogP contribution in [-0.4, -0.2) is 79.0 Å². The predicted octanol–water partition coefficient (Wildman–Crippen LogP) is 7.43. The number of carbonyl (C=O) groups is 2. The first-order chi connectivity index (χ1) is 20.2. The summed E-state index contributed by atoms with van der Waals surface area (Å²) in [5.74, 6) is 1.08. The molecule has 6 nitrogen and oxygen atoms in total. The molecule has 9 heteroatoms. The number of rotatable bonds is 7. The molecule has 0 bridgehead atoms. The second-order valence-electron chi connectivity index (χ2n) is 12.1. The smallest absolute Gasteiger partial charge is 0.317 e. The molecule has 0 spiro atoms. The van der Waals surface area contributed by atoms with Gasteiger partial charge in [0.15, 0.2) is 0 Å². The topological polar surface area (TPSA) is 55.9 Å². The third kappa shape index (κ3) is 9.77. The fourth-order valence-corrected chi connectivity index (χ4v) is 6.90.